The van der Waals surface area contributed by atoms with Crippen molar-refractivity contribution in [2.75, 3.05) is 0 Å². The molecule has 1 amide bonds. The number of aromatic amines is 1. The summed E-state index contributed by atoms with van der Waals surface area (Å²) in [6.45, 7) is 4.14. The standard InChI is InChI=1S/C20H23N3O/c1-3-4-10-18(24)23-19(15-8-6-5-7-9-15)20-21-16-12-11-14(2)13-17(16)22-20/h5-9,11-13,19H,3-4,10H2,1-2H3,(H,21,22)(H,23,24). The van der Waals surface area contributed by atoms with Gasteiger partial charge in [0.25, 0.3) is 0 Å². The number of fused-ring (bicyclic) bond motifs is 1. The third-order valence-corrected chi connectivity index (χ3v) is 4.12. The fourth-order valence-electron chi connectivity index (χ4n) is 2.81. The van der Waals surface area contributed by atoms with Gasteiger partial charge in [-0.1, -0.05) is 49.7 Å². The molecule has 124 valence electrons. The van der Waals surface area contributed by atoms with Crippen molar-refractivity contribution < 1.29 is 4.79 Å². The fraction of sp³-hybridized carbons (Fsp3) is 0.300. The number of hydrogen-bond donors (Lipinski definition) is 2. The summed E-state index contributed by atoms with van der Waals surface area (Å²) in [6, 6.07) is 15.8. The zero-order valence-corrected chi connectivity index (χ0v) is 14.2. The largest absolute Gasteiger partial charge is 0.342 e. The summed E-state index contributed by atoms with van der Waals surface area (Å²) in [5.41, 5.74) is 4.12. The molecule has 1 aromatic heterocycles. The van der Waals surface area contributed by atoms with Gasteiger partial charge in [-0.05, 0) is 36.6 Å². The van der Waals surface area contributed by atoms with Gasteiger partial charge in [0.1, 0.15) is 11.9 Å². The molecule has 3 aromatic rings. The summed E-state index contributed by atoms with van der Waals surface area (Å²) in [4.78, 5) is 20.3. The summed E-state index contributed by atoms with van der Waals surface area (Å²) in [5.74, 6) is 0.828. The van der Waals surface area contributed by atoms with E-state index in [2.05, 4.69) is 30.2 Å². The Labute approximate surface area is 142 Å². The van der Waals surface area contributed by atoms with Crippen LogP contribution >= 0.6 is 0 Å². The van der Waals surface area contributed by atoms with Gasteiger partial charge in [-0.15, -0.1) is 0 Å². The molecule has 3 rings (SSSR count). The second kappa shape index (κ2) is 7.30. The number of amides is 1. The Morgan fingerprint density at radius 2 is 2.00 bits per heavy atom. The van der Waals surface area contributed by atoms with Crippen LogP contribution in [0.1, 0.15) is 49.2 Å². The molecule has 0 fully saturated rings. The molecule has 0 saturated heterocycles. The normalized spacial score (nSPS) is 12.2. The van der Waals surface area contributed by atoms with Gasteiger partial charge in [0.2, 0.25) is 5.91 Å². The number of aromatic nitrogens is 2. The Balaban J connectivity index is 1.94. The number of carbonyl (C=O) groups is 1. The molecule has 0 spiro atoms. The minimum absolute atomic E-state index is 0.0577. The second-order valence-corrected chi connectivity index (χ2v) is 6.16. The molecule has 4 heteroatoms. The van der Waals surface area contributed by atoms with Gasteiger partial charge in [0, 0.05) is 6.42 Å². The number of rotatable bonds is 6. The van der Waals surface area contributed by atoms with Crippen molar-refractivity contribution in [3.05, 3.63) is 65.5 Å². The SMILES string of the molecule is CCCCC(=O)NC(c1ccccc1)c1nc2ccc(C)cc2[nH]1. The lowest BCUT2D eigenvalue weighted by Crippen LogP contribution is -2.29. The molecule has 4 nitrogen and oxygen atoms in total. The molecule has 0 aliphatic rings. The quantitative estimate of drug-likeness (QED) is 0.712. The fourth-order valence-corrected chi connectivity index (χ4v) is 2.81. The molecule has 1 atom stereocenters. The first-order valence-corrected chi connectivity index (χ1v) is 8.48. The summed E-state index contributed by atoms with van der Waals surface area (Å²) < 4.78 is 0. The highest BCUT2D eigenvalue weighted by Gasteiger charge is 2.20. The average Bonchev–Trinajstić information content (AvgIpc) is 3.01. The van der Waals surface area contributed by atoms with E-state index in [1.54, 1.807) is 0 Å². The Bertz CT molecular complexity index is 823. The number of nitrogens with one attached hydrogen (secondary N) is 2. The summed E-state index contributed by atoms with van der Waals surface area (Å²) >= 11 is 0. The molecule has 24 heavy (non-hydrogen) atoms. The molecule has 0 bridgehead atoms. The van der Waals surface area contributed by atoms with Gasteiger partial charge in [0.15, 0.2) is 0 Å². The van der Waals surface area contributed by atoms with Crippen molar-refractivity contribution in [2.24, 2.45) is 0 Å². The van der Waals surface area contributed by atoms with Crippen molar-refractivity contribution in [1.29, 1.82) is 0 Å². The predicted molar refractivity (Wildman–Crippen MR) is 96.8 cm³/mol. The maximum Gasteiger partial charge on any atom is 0.220 e. The van der Waals surface area contributed by atoms with E-state index in [0.29, 0.717) is 6.42 Å². The highest BCUT2D eigenvalue weighted by Crippen LogP contribution is 2.23. The maximum absolute atomic E-state index is 12.3. The molecule has 2 aromatic carbocycles. The highest BCUT2D eigenvalue weighted by molar-refractivity contribution is 5.78. The lowest BCUT2D eigenvalue weighted by Gasteiger charge is -2.17. The highest BCUT2D eigenvalue weighted by atomic mass is 16.1. The molecule has 0 aliphatic carbocycles. The van der Waals surface area contributed by atoms with Gasteiger partial charge in [0.05, 0.1) is 11.0 Å². The predicted octanol–water partition coefficient (Wildman–Crippen LogP) is 4.27. The molecular weight excluding hydrogens is 298 g/mol. The van der Waals surface area contributed by atoms with E-state index in [1.165, 1.54) is 5.56 Å². The van der Waals surface area contributed by atoms with E-state index in [1.807, 2.05) is 42.5 Å². The summed E-state index contributed by atoms with van der Waals surface area (Å²) in [5, 5.41) is 3.13. The van der Waals surface area contributed by atoms with Crippen LogP contribution in [0.3, 0.4) is 0 Å². The van der Waals surface area contributed by atoms with E-state index >= 15 is 0 Å². The van der Waals surface area contributed by atoms with Gasteiger partial charge in [-0.3, -0.25) is 4.79 Å². The number of aryl methyl sites for hydroxylation is 1. The van der Waals surface area contributed by atoms with Crippen molar-refractivity contribution in [3.8, 4) is 0 Å². The number of nitrogens with zero attached hydrogens (tertiary/aromatic N) is 1. The Morgan fingerprint density at radius 1 is 1.21 bits per heavy atom. The Morgan fingerprint density at radius 3 is 2.75 bits per heavy atom. The van der Waals surface area contributed by atoms with E-state index in [-0.39, 0.29) is 11.9 Å². The van der Waals surface area contributed by atoms with Crippen LogP contribution in [0.25, 0.3) is 11.0 Å². The molecule has 1 unspecified atom stereocenters. The van der Waals surface area contributed by atoms with Crippen molar-refractivity contribution in [2.45, 2.75) is 39.2 Å². The number of carbonyl (C=O) groups excluding carboxylic acids is 1. The summed E-state index contributed by atoms with van der Waals surface area (Å²) in [6.07, 6.45) is 2.44. The topological polar surface area (TPSA) is 57.8 Å². The van der Waals surface area contributed by atoms with E-state index < -0.39 is 0 Å². The minimum Gasteiger partial charge on any atom is -0.342 e. The van der Waals surface area contributed by atoms with Crippen LogP contribution < -0.4 is 5.32 Å². The smallest absolute Gasteiger partial charge is 0.220 e. The van der Waals surface area contributed by atoms with E-state index in [4.69, 9.17) is 4.98 Å². The third-order valence-electron chi connectivity index (χ3n) is 4.12. The number of unbranched alkanes of at least 4 members (excludes halogenated alkanes) is 1. The lowest BCUT2D eigenvalue weighted by molar-refractivity contribution is -0.121. The van der Waals surface area contributed by atoms with Gasteiger partial charge < -0.3 is 10.3 Å². The van der Waals surface area contributed by atoms with E-state index in [0.717, 1.165) is 35.3 Å². The van der Waals surface area contributed by atoms with Crippen LogP contribution in [-0.4, -0.2) is 15.9 Å². The number of H-pyrrole nitrogens is 1. The van der Waals surface area contributed by atoms with Crippen LogP contribution in [0.15, 0.2) is 48.5 Å². The van der Waals surface area contributed by atoms with Crippen molar-refractivity contribution >= 4 is 16.9 Å². The van der Waals surface area contributed by atoms with Crippen LogP contribution in [0.5, 0.6) is 0 Å². The van der Waals surface area contributed by atoms with Gasteiger partial charge in [-0.2, -0.15) is 0 Å². The third kappa shape index (κ3) is 3.65. The Kier molecular flexibility index (Phi) is 4.94. The number of benzene rings is 2. The zero-order chi connectivity index (χ0) is 16.9. The Hall–Kier alpha value is -2.62. The van der Waals surface area contributed by atoms with Gasteiger partial charge in [-0.25, -0.2) is 4.98 Å². The lowest BCUT2D eigenvalue weighted by atomic mass is 10.1. The molecule has 0 saturated carbocycles. The monoisotopic (exact) mass is 321 g/mol. The number of hydrogen-bond acceptors (Lipinski definition) is 2. The van der Waals surface area contributed by atoms with Crippen LogP contribution in [-0.2, 0) is 4.79 Å². The molecule has 2 N–H and O–H groups in total. The zero-order valence-electron chi connectivity index (χ0n) is 14.2. The summed E-state index contributed by atoms with van der Waals surface area (Å²) in [7, 11) is 0. The molecule has 0 aliphatic heterocycles. The van der Waals surface area contributed by atoms with E-state index in [9.17, 15) is 4.79 Å². The second-order valence-electron chi connectivity index (χ2n) is 6.16. The first-order chi connectivity index (χ1) is 11.7. The number of imidazole rings is 1. The molecule has 1 heterocycles. The maximum atomic E-state index is 12.3. The van der Waals surface area contributed by atoms with Gasteiger partial charge >= 0.3 is 0 Å². The average molecular weight is 321 g/mol. The van der Waals surface area contributed by atoms with Crippen LogP contribution in [0, 0.1) is 6.92 Å². The molecule has 0 radical (unpaired) electrons. The van der Waals surface area contributed by atoms with Crippen LogP contribution in [0.4, 0.5) is 0 Å². The van der Waals surface area contributed by atoms with Crippen molar-refractivity contribution in [3.63, 3.8) is 0 Å². The minimum atomic E-state index is -0.261. The molecular formula is C20H23N3O. The first kappa shape index (κ1) is 16.2. The van der Waals surface area contributed by atoms with Crippen LogP contribution in [0.2, 0.25) is 0 Å². The van der Waals surface area contributed by atoms with Crippen molar-refractivity contribution in [1.82, 2.24) is 15.3 Å². The first-order valence-electron chi connectivity index (χ1n) is 8.48.